The number of ether oxygens (including phenoxy) is 2. The van der Waals surface area contributed by atoms with Crippen LogP contribution < -0.4 is 9.47 Å². The van der Waals surface area contributed by atoms with Gasteiger partial charge in [-0.05, 0) is 56.7 Å². The molecule has 5 rings (SSSR count). The predicted octanol–water partition coefficient (Wildman–Crippen LogP) is 6.18. The Balaban J connectivity index is 1.26. The number of rotatable bonds is 12. The van der Waals surface area contributed by atoms with Gasteiger partial charge in [0.2, 0.25) is 0 Å². The molecule has 2 heterocycles. The standard InChI is InChI=1S/C28H30N8O2/c1-36(2)14-4-16-38-22-10-12-24-26(18-22)34-28(32-24)20-7-5-19(6-8-20)27-31-23-11-9-21(17-25(23)33-27)37-15-3-13-30-35-29/h5-12,17-18H,3-4,13-16H2,1-2H3,(H,31,33)(H,32,34). The molecule has 5 aromatic rings. The highest BCUT2D eigenvalue weighted by Crippen LogP contribution is 2.28. The fourth-order valence-electron chi connectivity index (χ4n) is 4.15. The minimum absolute atomic E-state index is 0.419. The van der Waals surface area contributed by atoms with Gasteiger partial charge in [-0.25, -0.2) is 9.97 Å². The highest BCUT2D eigenvalue weighted by atomic mass is 16.5. The Bertz CT molecular complexity index is 1570. The van der Waals surface area contributed by atoms with E-state index in [2.05, 4.69) is 39.0 Å². The van der Waals surface area contributed by atoms with Crippen LogP contribution in [0.5, 0.6) is 11.5 Å². The SMILES string of the molecule is CN(C)CCCOc1ccc2[nH]c(-c3ccc(-c4nc5cc(OCCCN=[N+]=[N-])ccc5[nH]4)cc3)nc2c1. The molecule has 0 bridgehead atoms. The Morgan fingerprint density at radius 1 is 0.789 bits per heavy atom. The second-order valence-electron chi connectivity index (χ2n) is 9.27. The molecule has 10 heteroatoms. The van der Waals surface area contributed by atoms with Crippen molar-refractivity contribution >= 4 is 22.1 Å². The van der Waals surface area contributed by atoms with E-state index in [-0.39, 0.29) is 0 Å². The first-order chi connectivity index (χ1) is 18.6. The van der Waals surface area contributed by atoms with Crippen molar-refractivity contribution in [3.8, 4) is 34.3 Å². The lowest BCUT2D eigenvalue weighted by Gasteiger charge is -2.10. The number of aromatic amines is 2. The lowest BCUT2D eigenvalue weighted by molar-refractivity contribution is 0.282. The van der Waals surface area contributed by atoms with Gasteiger partial charge in [-0.3, -0.25) is 0 Å². The summed E-state index contributed by atoms with van der Waals surface area (Å²) in [5, 5.41) is 3.52. The Hall–Kier alpha value is -4.53. The molecule has 0 fully saturated rings. The molecule has 0 aliphatic rings. The smallest absolute Gasteiger partial charge is 0.138 e. The molecule has 2 aromatic heterocycles. The molecule has 0 amide bonds. The number of azide groups is 1. The third kappa shape index (κ3) is 6.05. The van der Waals surface area contributed by atoms with E-state index in [1.807, 2.05) is 60.7 Å². The fourth-order valence-corrected chi connectivity index (χ4v) is 4.15. The average Bonchev–Trinajstić information content (AvgIpc) is 3.55. The first-order valence-corrected chi connectivity index (χ1v) is 12.6. The molecular formula is C28H30N8O2. The minimum Gasteiger partial charge on any atom is -0.494 e. The molecule has 0 saturated heterocycles. The van der Waals surface area contributed by atoms with Gasteiger partial charge >= 0.3 is 0 Å². The van der Waals surface area contributed by atoms with Crippen LogP contribution in [0.4, 0.5) is 0 Å². The van der Waals surface area contributed by atoms with E-state index < -0.39 is 0 Å². The molecule has 0 unspecified atom stereocenters. The molecule has 0 atom stereocenters. The largest absolute Gasteiger partial charge is 0.494 e. The molecule has 0 aliphatic carbocycles. The third-order valence-corrected chi connectivity index (χ3v) is 6.09. The minimum atomic E-state index is 0.419. The number of hydrogen-bond acceptors (Lipinski definition) is 6. The second-order valence-corrected chi connectivity index (χ2v) is 9.27. The van der Waals surface area contributed by atoms with E-state index in [1.54, 1.807) is 0 Å². The van der Waals surface area contributed by atoms with Crippen molar-refractivity contribution in [2.24, 2.45) is 5.11 Å². The van der Waals surface area contributed by atoms with Gasteiger partial charge in [-0.15, -0.1) is 0 Å². The molecule has 2 N–H and O–H groups in total. The van der Waals surface area contributed by atoms with E-state index in [4.69, 9.17) is 25.0 Å². The van der Waals surface area contributed by atoms with Crippen molar-refractivity contribution in [2.75, 3.05) is 40.4 Å². The van der Waals surface area contributed by atoms with Gasteiger partial charge in [0.1, 0.15) is 23.1 Å². The summed E-state index contributed by atoms with van der Waals surface area (Å²) >= 11 is 0. The fraction of sp³-hybridized carbons (Fsp3) is 0.286. The first kappa shape index (κ1) is 25.1. The summed E-state index contributed by atoms with van der Waals surface area (Å²) in [7, 11) is 4.12. The van der Waals surface area contributed by atoms with Crippen LogP contribution in [-0.4, -0.2) is 65.2 Å². The maximum atomic E-state index is 8.35. The third-order valence-electron chi connectivity index (χ3n) is 6.09. The van der Waals surface area contributed by atoms with Crippen molar-refractivity contribution in [1.29, 1.82) is 0 Å². The number of H-pyrrole nitrogens is 2. The Morgan fingerprint density at radius 2 is 1.32 bits per heavy atom. The highest BCUT2D eigenvalue weighted by Gasteiger charge is 2.10. The molecule has 3 aromatic carbocycles. The van der Waals surface area contributed by atoms with Crippen molar-refractivity contribution in [2.45, 2.75) is 12.8 Å². The van der Waals surface area contributed by atoms with Crippen LogP contribution in [0, 0.1) is 0 Å². The topological polar surface area (TPSA) is 128 Å². The maximum Gasteiger partial charge on any atom is 0.138 e. The Kier molecular flexibility index (Phi) is 7.73. The van der Waals surface area contributed by atoms with Crippen LogP contribution >= 0.6 is 0 Å². The van der Waals surface area contributed by atoms with E-state index in [9.17, 15) is 0 Å². The quantitative estimate of drug-likeness (QED) is 0.0896. The van der Waals surface area contributed by atoms with Crippen LogP contribution in [0.1, 0.15) is 12.8 Å². The van der Waals surface area contributed by atoms with Gasteiger partial charge < -0.3 is 24.3 Å². The zero-order chi connectivity index (χ0) is 26.3. The van der Waals surface area contributed by atoms with Crippen molar-refractivity contribution in [1.82, 2.24) is 24.8 Å². The summed E-state index contributed by atoms with van der Waals surface area (Å²) in [5.41, 5.74) is 13.9. The molecular weight excluding hydrogens is 480 g/mol. The van der Waals surface area contributed by atoms with Crippen molar-refractivity contribution in [3.63, 3.8) is 0 Å². The summed E-state index contributed by atoms with van der Waals surface area (Å²) < 4.78 is 11.6. The molecule has 0 aliphatic heterocycles. The lowest BCUT2D eigenvalue weighted by Crippen LogP contribution is -2.15. The summed E-state index contributed by atoms with van der Waals surface area (Å²) in [6, 6.07) is 19.9. The van der Waals surface area contributed by atoms with Crippen LogP contribution in [0.3, 0.4) is 0 Å². The van der Waals surface area contributed by atoms with Gasteiger partial charge in [0.25, 0.3) is 0 Å². The number of nitrogens with zero attached hydrogens (tertiary/aromatic N) is 6. The van der Waals surface area contributed by atoms with Gasteiger partial charge in [0.15, 0.2) is 0 Å². The van der Waals surface area contributed by atoms with E-state index in [0.717, 1.165) is 69.3 Å². The number of benzene rings is 3. The summed E-state index contributed by atoms with van der Waals surface area (Å²) in [5.74, 6) is 3.16. The number of aromatic nitrogens is 4. The van der Waals surface area contributed by atoms with Crippen molar-refractivity contribution < 1.29 is 9.47 Å². The number of imidazole rings is 2. The molecule has 0 radical (unpaired) electrons. The molecule has 0 spiro atoms. The molecule has 10 nitrogen and oxygen atoms in total. The van der Waals surface area contributed by atoms with Gasteiger partial charge in [0.05, 0.1) is 35.3 Å². The normalized spacial score (nSPS) is 11.2. The highest BCUT2D eigenvalue weighted by molar-refractivity contribution is 5.82. The summed E-state index contributed by atoms with van der Waals surface area (Å²) in [4.78, 5) is 21.2. The van der Waals surface area contributed by atoms with Crippen LogP contribution in [-0.2, 0) is 0 Å². The number of hydrogen-bond donors (Lipinski definition) is 2. The van der Waals surface area contributed by atoms with E-state index >= 15 is 0 Å². The van der Waals surface area contributed by atoms with Crippen LogP contribution in [0.25, 0.3) is 55.3 Å². The monoisotopic (exact) mass is 510 g/mol. The molecule has 0 saturated carbocycles. The first-order valence-electron chi connectivity index (χ1n) is 12.6. The van der Waals surface area contributed by atoms with Crippen LogP contribution in [0.2, 0.25) is 0 Å². The summed E-state index contributed by atoms with van der Waals surface area (Å²) in [6.45, 7) is 2.57. The Morgan fingerprint density at radius 3 is 1.82 bits per heavy atom. The van der Waals surface area contributed by atoms with Gasteiger partial charge in [-0.2, -0.15) is 0 Å². The maximum absolute atomic E-state index is 8.35. The van der Waals surface area contributed by atoms with E-state index in [1.165, 1.54) is 0 Å². The number of nitrogens with one attached hydrogen (secondary N) is 2. The average molecular weight is 511 g/mol. The molecule has 38 heavy (non-hydrogen) atoms. The van der Waals surface area contributed by atoms with Gasteiger partial charge in [-0.1, -0.05) is 29.4 Å². The zero-order valence-electron chi connectivity index (χ0n) is 21.5. The van der Waals surface area contributed by atoms with E-state index in [0.29, 0.717) is 26.2 Å². The molecule has 194 valence electrons. The lowest BCUT2D eigenvalue weighted by atomic mass is 10.1. The van der Waals surface area contributed by atoms with Crippen LogP contribution in [0.15, 0.2) is 65.8 Å². The van der Waals surface area contributed by atoms with Gasteiger partial charge in [0, 0.05) is 41.3 Å². The van der Waals surface area contributed by atoms with Crippen molar-refractivity contribution in [3.05, 3.63) is 71.1 Å². The number of fused-ring (bicyclic) bond motifs is 2. The summed E-state index contributed by atoms with van der Waals surface area (Å²) in [6.07, 6.45) is 1.64. The zero-order valence-corrected chi connectivity index (χ0v) is 21.5. The second kappa shape index (κ2) is 11.7. The Labute approximate surface area is 220 Å². The predicted molar refractivity (Wildman–Crippen MR) is 149 cm³/mol.